The maximum Gasteiger partial charge on any atom is 0.410 e. The lowest BCUT2D eigenvalue weighted by molar-refractivity contribution is 0.00419. The van der Waals surface area contributed by atoms with Gasteiger partial charge in [0.25, 0.3) is 0 Å². The topological polar surface area (TPSA) is 41.6 Å². The van der Waals surface area contributed by atoms with Crippen LogP contribution in [0.15, 0.2) is 0 Å². The summed E-state index contributed by atoms with van der Waals surface area (Å²) in [5.41, 5.74) is -0.404. The van der Waals surface area contributed by atoms with Crippen molar-refractivity contribution in [1.29, 1.82) is 0 Å². The van der Waals surface area contributed by atoms with Gasteiger partial charge >= 0.3 is 6.09 Å². The SMILES string of the molecule is CCCC(CCC)NC1CC2CCC(C1)N2C(=O)OC(C)(C)C. The first kappa shape index (κ1) is 18.6. The van der Waals surface area contributed by atoms with E-state index < -0.39 is 5.60 Å². The zero-order valence-electron chi connectivity index (χ0n) is 15.7. The number of rotatable bonds is 6. The van der Waals surface area contributed by atoms with Crippen LogP contribution in [0.25, 0.3) is 0 Å². The largest absolute Gasteiger partial charge is 0.444 e. The highest BCUT2D eigenvalue weighted by molar-refractivity contribution is 5.69. The second-order valence-electron chi connectivity index (χ2n) is 8.38. The molecule has 1 amide bonds. The van der Waals surface area contributed by atoms with Crippen LogP contribution >= 0.6 is 0 Å². The van der Waals surface area contributed by atoms with Gasteiger partial charge in [-0.1, -0.05) is 26.7 Å². The number of ether oxygens (including phenoxy) is 1. The summed E-state index contributed by atoms with van der Waals surface area (Å²) in [4.78, 5) is 14.5. The Morgan fingerprint density at radius 3 is 2.09 bits per heavy atom. The highest BCUT2D eigenvalue weighted by Gasteiger charge is 2.44. The summed E-state index contributed by atoms with van der Waals surface area (Å²) < 4.78 is 5.62. The number of nitrogens with one attached hydrogen (secondary N) is 1. The van der Waals surface area contributed by atoms with E-state index >= 15 is 0 Å². The number of hydrogen-bond acceptors (Lipinski definition) is 3. The molecule has 0 saturated carbocycles. The number of nitrogens with zero attached hydrogens (tertiary/aromatic N) is 1. The van der Waals surface area contributed by atoms with Gasteiger partial charge in [0.05, 0.1) is 0 Å². The van der Waals surface area contributed by atoms with Crippen molar-refractivity contribution in [3.8, 4) is 0 Å². The van der Waals surface area contributed by atoms with E-state index in [4.69, 9.17) is 4.74 Å². The zero-order chi connectivity index (χ0) is 17.0. The van der Waals surface area contributed by atoms with Crippen LogP contribution in [-0.2, 0) is 4.74 Å². The summed E-state index contributed by atoms with van der Waals surface area (Å²) in [6, 6.07) is 1.94. The van der Waals surface area contributed by atoms with E-state index in [1.54, 1.807) is 0 Å². The predicted molar refractivity (Wildman–Crippen MR) is 94.6 cm³/mol. The maximum atomic E-state index is 12.5. The highest BCUT2D eigenvalue weighted by Crippen LogP contribution is 2.37. The van der Waals surface area contributed by atoms with Crippen LogP contribution in [0.3, 0.4) is 0 Å². The molecule has 23 heavy (non-hydrogen) atoms. The van der Waals surface area contributed by atoms with Gasteiger partial charge in [0, 0.05) is 24.2 Å². The van der Waals surface area contributed by atoms with E-state index in [1.165, 1.54) is 25.7 Å². The Balaban J connectivity index is 1.92. The first-order chi connectivity index (χ1) is 10.8. The van der Waals surface area contributed by atoms with E-state index in [2.05, 4.69) is 19.2 Å². The summed E-state index contributed by atoms with van der Waals surface area (Å²) >= 11 is 0. The molecule has 2 atom stereocenters. The van der Waals surface area contributed by atoms with Gasteiger partial charge in [-0.3, -0.25) is 0 Å². The van der Waals surface area contributed by atoms with E-state index in [0.717, 1.165) is 25.7 Å². The molecule has 2 rings (SSSR count). The fourth-order valence-electron chi connectivity index (χ4n) is 4.27. The van der Waals surface area contributed by atoms with Crippen molar-refractivity contribution in [2.45, 2.75) is 116 Å². The number of hydrogen-bond donors (Lipinski definition) is 1. The Morgan fingerprint density at radius 2 is 1.65 bits per heavy atom. The average molecular weight is 325 g/mol. The molecule has 2 bridgehead atoms. The van der Waals surface area contributed by atoms with Crippen LogP contribution in [0.1, 0.15) is 86.0 Å². The molecule has 134 valence electrons. The number of fused-ring (bicyclic) bond motifs is 2. The lowest BCUT2D eigenvalue weighted by atomic mass is 9.95. The molecule has 0 radical (unpaired) electrons. The van der Waals surface area contributed by atoms with Gasteiger partial charge < -0.3 is 15.0 Å². The van der Waals surface area contributed by atoms with Crippen molar-refractivity contribution in [2.24, 2.45) is 0 Å². The van der Waals surface area contributed by atoms with E-state index in [9.17, 15) is 4.79 Å². The van der Waals surface area contributed by atoms with E-state index in [1.807, 2.05) is 25.7 Å². The third-order valence-electron chi connectivity index (χ3n) is 5.08. The Labute approximate surface area is 142 Å². The summed E-state index contributed by atoms with van der Waals surface area (Å²) in [5.74, 6) is 0. The summed E-state index contributed by atoms with van der Waals surface area (Å²) in [7, 11) is 0. The highest BCUT2D eigenvalue weighted by atomic mass is 16.6. The molecule has 0 aromatic heterocycles. The number of carbonyl (C=O) groups is 1. The predicted octanol–water partition coefficient (Wildman–Crippen LogP) is 4.48. The smallest absolute Gasteiger partial charge is 0.410 e. The summed E-state index contributed by atoms with van der Waals surface area (Å²) in [6.07, 6.45) is 9.32. The lowest BCUT2D eigenvalue weighted by Crippen LogP contribution is -2.54. The molecule has 0 spiro atoms. The van der Waals surface area contributed by atoms with Crippen LogP contribution in [0.4, 0.5) is 4.79 Å². The molecule has 2 fully saturated rings. The molecule has 2 heterocycles. The van der Waals surface area contributed by atoms with Gasteiger partial charge in [-0.2, -0.15) is 0 Å². The van der Waals surface area contributed by atoms with Crippen molar-refractivity contribution in [3.63, 3.8) is 0 Å². The average Bonchev–Trinajstić information content (AvgIpc) is 2.69. The molecular weight excluding hydrogens is 288 g/mol. The van der Waals surface area contributed by atoms with Crippen molar-refractivity contribution >= 4 is 6.09 Å². The fraction of sp³-hybridized carbons (Fsp3) is 0.947. The van der Waals surface area contributed by atoms with Gasteiger partial charge in [0.1, 0.15) is 5.60 Å². The van der Waals surface area contributed by atoms with Crippen molar-refractivity contribution in [1.82, 2.24) is 10.2 Å². The molecule has 2 aliphatic rings. The Kier molecular flexibility index (Phi) is 6.35. The molecule has 2 aliphatic heterocycles. The van der Waals surface area contributed by atoms with Crippen LogP contribution in [-0.4, -0.2) is 40.8 Å². The molecule has 0 aromatic carbocycles. The third-order valence-corrected chi connectivity index (χ3v) is 5.08. The second-order valence-corrected chi connectivity index (χ2v) is 8.38. The molecular formula is C19H36N2O2. The van der Waals surface area contributed by atoms with Crippen LogP contribution < -0.4 is 5.32 Å². The van der Waals surface area contributed by atoms with Crippen molar-refractivity contribution in [2.75, 3.05) is 0 Å². The molecule has 2 unspecified atom stereocenters. The monoisotopic (exact) mass is 324 g/mol. The van der Waals surface area contributed by atoms with Gasteiger partial charge in [-0.05, 0) is 59.3 Å². The van der Waals surface area contributed by atoms with Gasteiger partial charge in [-0.15, -0.1) is 0 Å². The Bertz CT molecular complexity index is 371. The zero-order valence-corrected chi connectivity index (χ0v) is 15.7. The number of piperidine rings is 1. The molecule has 0 aromatic rings. The Hall–Kier alpha value is -0.770. The van der Waals surface area contributed by atoms with Gasteiger partial charge in [-0.25, -0.2) is 4.79 Å². The first-order valence-corrected chi connectivity index (χ1v) is 9.61. The minimum absolute atomic E-state index is 0.109. The minimum Gasteiger partial charge on any atom is -0.444 e. The fourth-order valence-corrected chi connectivity index (χ4v) is 4.27. The third kappa shape index (κ3) is 5.10. The van der Waals surface area contributed by atoms with Crippen molar-refractivity contribution in [3.05, 3.63) is 0 Å². The standard InChI is InChI=1S/C19H36N2O2/c1-6-8-14(9-7-2)20-15-12-16-10-11-17(13-15)21(16)18(22)23-19(3,4)5/h14-17,20H,6-13H2,1-5H3. The molecule has 4 heteroatoms. The molecule has 1 N–H and O–H groups in total. The van der Waals surface area contributed by atoms with Crippen LogP contribution in [0.2, 0.25) is 0 Å². The normalized spacial score (nSPS) is 27.6. The first-order valence-electron chi connectivity index (χ1n) is 9.61. The van der Waals surface area contributed by atoms with Crippen LogP contribution in [0.5, 0.6) is 0 Å². The Morgan fingerprint density at radius 1 is 1.13 bits per heavy atom. The number of amides is 1. The molecule has 2 saturated heterocycles. The van der Waals surface area contributed by atoms with Crippen LogP contribution in [0, 0.1) is 0 Å². The van der Waals surface area contributed by atoms with E-state index in [-0.39, 0.29) is 6.09 Å². The van der Waals surface area contributed by atoms with Gasteiger partial charge in [0.15, 0.2) is 0 Å². The van der Waals surface area contributed by atoms with E-state index in [0.29, 0.717) is 24.2 Å². The number of carbonyl (C=O) groups excluding carboxylic acids is 1. The second kappa shape index (κ2) is 7.87. The lowest BCUT2D eigenvalue weighted by Gasteiger charge is -2.41. The minimum atomic E-state index is -0.404. The van der Waals surface area contributed by atoms with Crippen molar-refractivity contribution < 1.29 is 9.53 Å². The summed E-state index contributed by atoms with van der Waals surface area (Å²) in [5, 5.41) is 3.89. The quantitative estimate of drug-likeness (QED) is 0.783. The summed E-state index contributed by atoms with van der Waals surface area (Å²) in [6.45, 7) is 10.4. The molecule has 4 nitrogen and oxygen atoms in total. The maximum absolute atomic E-state index is 12.5. The van der Waals surface area contributed by atoms with Gasteiger partial charge in [0.2, 0.25) is 0 Å². The molecule has 0 aliphatic carbocycles.